The third kappa shape index (κ3) is 6.33. The molecule has 0 fully saturated rings. The molecule has 8 nitrogen and oxygen atoms in total. The van der Waals surface area contributed by atoms with Gasteiger partial charge in [0, 0.05) is 26.7 Å². The van der Waals surface area contributed by atoms with Gasteiger partial charge < -0.3 is 23.9 Å². The fraction of sp³-hybridized carbons (Fsp3) is 0.350. The van der Waals surface area contributed by atoms with Gasteiger partial charge in [-0.1, -0.05) is 12.1 Å². The fourth-order valence-electron chi connectivity index (χ4n) is 2.61. The number of methoxy groups -OCH3 is 2. The van der Waals surface area contributed by atoms with Gasteiger partial charge in [0.15, 0.2) is 11.6 Å². The van der Waals surface area contributed by atoms with Crippen LogP contribution in [0.15, 0.2) is 47.4 Å². The molecule has 0 aliphatic carbocycles. The van der Waals surface area contributed by atoms with Gasteiger partial charge in [-0.15, -0.1) is 0 Å². The Hall–Kier alpha value is -2.85. The molecule has 10 heteroatoms. The van der Waals surface area contributed by atoms with Gasteiger partial charge in [-0.3, -0.25) is 0 Å². The third-order valence-electron chi connectivity index (χ3n) is 4.07. The Labute approximate surface area is 175 Å². The van der Waals surface area contributed by atoms with E-state index in [1.165, 1.54) is 38.5 Å². The van der Waals surface area contributed by atoms with Gasteiger partial charge >= 0.3 is 16.1 Å². The molecular formula is C20H25FN2O6S. The molecule has 0 atom stereocenters. The highest BCUT2D eigenvalue weighted by Crippen LogP contribution is 2.24. The number of carbonyl (C=O) groups excluding carboxylic acids is 1. The molecule has 0 unspecified atom stereocenters. The van der Waals surface area contributed by atoms with Crippen molar-refractivity contribution in [3.63, 3.8) is 0 Å². The van der Waals surface area contributed by atoms with Crippen LogP contribution in [0.3, 0.4) is 0 Å². The highest BCUT2D eigenvalue weighted by molar-refractivity contribution is 7.87. The van der Waals surface area contributed by atoms with Crippen LogP contribution in [-0.2, 0) is 21.4 Å². The lowest BCUT2D eigenvalue weighted by Crippen LogP contribution is -2.41. The number of halogens is 1. The highest BCUT2D eigenvalue weighted by Gasteiger charge is 2.20. The minimum atomic E-state index is -4.25. The molecule has 164 valence electrons. The molecule has 2 amide bonds. The molecule has 0 saturated heterocycles. The Balaban J connectivity index is 2.19. The first-order valence-electron chi connectivity index (χ1n) is 9.19. The summed E-state index contributed by atoms with van der Waals surface area (Å²) in [5.41, 5.74) is 0.658. The minimum absolute atomic E-state index is 0.0475. The molecular weight excluding hydrogens is 415 g/mol. The SMILES string of the molecule is CCNC(=O)N(CCOC)Cc1cccc(OS(=O)(=O)c2ccc(OC)c(F)c2)c1. The third-order valence-corrected chi connectivity index (χ3v) is 5.31. The van der Waals surface area contributed by atoms with Crippen LogP contribution in [0.2, 0.25) is 0 Å². The number of rotatable bonds is 10. The number of hydrogen-bond acceptors (Lipinski definition) is 6. The number of hydrogen-bond donors (Lipinski definition) is 1. The van der Waals surface area contributed by atoms with E-state index in [9.17, 15) is 17.6 Å². The van der Waals surface area contributed by atoms with E-state index in [0.29, 0.717) is 25.3 Å². The number of amides is 2. The summed E-state index contributed by atoms with van der Waals surface area (Å²) in [6.07, 6.45) is 0. The first kappa shape index (κ1) is 23.4. The zero-order chi connectivity index (χ0) is 22.1. The summed E-state index contributed by atoms with van der Waals surface area (Å²) in [4.78, 5) is 13.4. The average Bonchev–Trinajstić information content (AvgIpc) is 2.71. The van der Waals surface area contributed by atoms with Gasteiger partial charge in [0.2, 0.25) is 0 Å². The van der Waals surface area contributed by atoms with Crippen molar-refractivity contribution in [3.8, 4) is 11.5 Å². The lowest BCUT2D eigenvalue weighted by atomic mass is 10.2. The van der Waals surface area contributed by atoms with Gasteiger partial charge in [-0.05, 0) is 42.8 Å². The van der Waals surface area contributed by atoms with Gasteiger partial charge in [0.25, 0.3) is 0 Å². The smallest absolute Gasteiger partial charge is 0.339 e. The Morgan fingerprint density at radius 3 is 2.57 bits per heavy atom. The highest BCUT2D eigenvalue weighted by atomic mass is 32.2. The van der Waals surface area contributed by atoms with E-state index in [1.54, 1.807) is 17.0 Å². The summed E-state index contributed by atoms with van der Waals surface area (Å²) in [6.45, 7) is 3.22. The van der Waals surface area contributed by atoms with E-state index in [0.717, 1.165) is 6.07 Å². The van der Waals surface area contributed by atoms with Crippen molar-refractivity contribution >= 4 is 16.1 Å². The molecule has 0 aliphatic heterocycles. The minimum Gasteiger partial charge on any atom is -0.494 e. The number of benzene rings is 2. The van der Waals surface area contributed by atoms with E-state index in [1.807, 2.05) is 6.92 Å². The number of nitrogens with one attached hydrogen (secondary N) is 1. The number of urea groups is 1. The van der Waals surface area contributed by atoms with Crippen LogP contribution in [-0.4, -0.2) is 53.3 Å². The second-order valence-corrected chi connectivity index (χ2v) is 7.78. The predicted molar refractivity (Wildman–Crippen MR) is 109 cm³/mol. The standard InChI is InChI=1S/C20H25FN2O6S/c1-4-22-20(24)23(10-11-27-2)14-15-6-5-7-16(12-15)29-30(25,26)17-8-9-19(28-3)18(21)13-17/h5-9,12-13H,4,10-11,14H2,1-3H3,(H,22,24). The summed E-state index contributed by atoms with van der Waals surface area (Å²) in [5, 5.41) is 2.72. The van der Waals surface area contributed by atoms with E-state index in [4.69, 9.17) is 13.7 Å². The molecule has 0 bridgehead atoms. The number of ether oxygens (including phenoxy) is 2. The van der Waals surface area contributed by atoms with Crippen LogP contribution in [0.25, 0.3) is 0 Å². The normalized spacial score (nSPS) is 11.1. The van der Waals surface area contributed by atoms with Gasteiger partial charge in [0.1, 0.15) is 10.6 Å². The molecule has 0 saturated carbocycles. The summed E-state index contributed by atoms with van der Waals surface area (Å²) in [5.74, 6) is -0.838. The van der Waals surface area contributed by atoms with Crippen LogP contribution in [0.4, 0.5) is 9.18 Å². The van der Waals surface area contributed by atoms with Crippen molar-refractivity contribution in [3.05, 3.63) is 53.8 Å². The van der Waals surface area contributed by atoms with Crippen molar-refractivity contribution in [1.82, 2.24) is 10.2 Å². The zero-order valence-electron chi connectivity index (χ0n) is 17.1. The number of carbonyl (C=O) groups is 1. The lowest BCUT2D eigenvalue weighted by Gasteiger charge is -2.22. The monoisotopic (exact) mass is 440 g/mol. The summed E-state index contributed by atoms with van der Waals surface area (Å²) in [6, 6.07) is 9.31. The molecule has 30 heavy (non-hydrogen) atoms. The Morgan fingerprint density at radius 2 is 1.93 bits per heavy atom. The fourth-order valence-corrected chi connectivity index (χ4v) is 3.55. The molecule has 2 aromatic carbocycles. The van der Waals surface area contributed by atoms with E-state index in [2.05, 4.69) is 5.32 Å². The van der Waals surface area contributed by atoms with Crippen molar-refractivity contribution < 1.29 is 31.3 Å². The molecule has 2 aromatic rings. The van der Waals surface area contributed by atoms with Crippen molar-refractivity contribution in [2.75, 3.05) is 33.9 Å². The predicted octanol–water partition coefficient (Wildman–Crippen LogP) is 2.78. The summed E-state index contributed by atoms with van der Waals surface area (Å²) < 4.78 is 53.8. The number of nitrogens with zero attached hydrogens (tertiary/aromatic N) is 1. The summed E-state index contributed by atoms with van der Waals surface area (Å²) in [7, 11) is -1.43. The van der Waals surface area contributed by atoms with E-state index < -0.39 is 15.9 Å². The molecule has 0 aliphatic rings. The van der Waals surface area contributed by atoms with Gasteiger partial charge in [-0.2, -0.15) is 8.42 Å². The maximum Gasteiger partial charge on any atom is 0.339 e. The Morgan fingerprint density at radius 1 is 1.17 bits per heavy atom. The van der Waals surface area contributed by atoms with Crippen LogP contribution < -0.4 is 14.2 Å². The first-order valence-corrected chi connectivity index (χ1v) is 10.6. The maximum absolute atomic E-state index is 13.9. The lowest BCUT2D eigenvalue weighted by molar-refractivity contribution is 0.146. The molecule has 0 heterocycles. The largest absolute Gasteiger partial charge is 0.494 e. The molecule has 1 N–H and O–H groups in total. The molecule has 2 rings (SSSR count). The van der Waals surface area contributed by atoms with Crippen LogP contribution >= 0.6 is 0 Å². The van der Waals surface area contributed by atoms with Gasteiger partial charge in [0.05, 0.1) is 13.7 Å². The zero-order valence-corrected chi connectivity index (χ0v) is 17.9. The average molecular weight is 440 g/mol. The molecule has 0 radical (unpaired) electrons. The Kier molecular flexibility index (Phi) is 8.43. The second-order valence-electron chi connectivity index (χ2n) is 6.23. The molecule has 0 aromatic heterocycles. The van der Waals surface area contributed by atoms with Crippen LogP contribution in [0.1, 0.15) is 12.5 Å². The van der Waals surface area contributed by atoms with Crippen molar-refractivity contribution in [1.29, 1.82) is 0 Å². The quantitative estimate of drug-likeness (QED) is 0.571. The topological polar surface area (TPSA) is 94.2 Å². The molecule has 0 spiro atoms. The first-order chi connectivity index (χ1) is 14.3. The maximum atomic E-state index is 13.9. The Bertz CT molecular complexity index is 968. The van der Waals surface area contributed by atoms with Crippen LogP contribution in [0, 0.1) is 5.82 Å². The van der Waals surface area contributed by atoms with E-state index in [-0.39, 0.29) is 29.0 Å². The second kappa shape index (κ2) is 10.8. The van der Waals surface area contributed by atoms with E-state index >= 15 is 0 Å². The van der Waals surface area contributed by atoms with Crippen molar-refractivity contribution in [2.45, 2.75) is 18.4 Å². The van der Waals surface area contributed by atoms with Crippen LogP contribution in [0.5, 0.6) is 11.5 Å². The summed E-state index contributed by atoms with van der Waals surface area (Å²) >= 11 is 0. The van der Waals surface area contributed by atoms with Gasteiger partial charge in [-0.25, -0.2) is 9.18 Å². The van der Waals surface area contributed by atoms with Crippen molar-refractivity contribution in [2.24, 2.45) is 0 Å².